The first-order valence-electron chi connectivity index (χ1n) is 4.86. The summed E-state index contributed by atoms with van der Waals surface area (Å²) in [5.74, 6) is -0.397. The zero-order chi connectivity index (χ0) is 13.8. The molecule has 0 saturated carbocycles. The normalized spacial score (nSPS) is 12.9. The molecule has 0 aliphatic heterocycles. The zero-order valence-electron chi connectivity index (χ0n) is 9.07. The van der Waals surface area contributed by atoms with Crippen LogP contribution in [-0.4, -0.2) is 24.1 Å². The summed E-state index contributed by atoms with van der Waals surface area (Å²) in [6.07, 6.45) is -6.03. The van der Waals surface area contributed by atoms with Crippen molar-refractivity contribution in [3.63, 3.8) is 0 Å². The van der Waals surface area contributed by atoms with Crippen molar-refractivity contribution < 1.29 is 27.8 Å². The number of carboxylic acid groups (broad SMARTS) is 1. The fourth-order valence-electron chi connectivity index (χ4n) is 1.26. The Bertz CT molecular complexity index is 423. The van der Waals surface area contributed by atoms with Crippen molar-refractivity contribution in [1.82, 2.24) is 5.32 Å². The van der Waals surface area contributed by atoms with Crippen molar-refractivity contribution in [2.45, 2.75) is 12.4 Å². The number of hydrogen-bond acceptors (Lipinski definition) is 3. The number of rotatable bonds is 4. The van der Waals surface area contributed by atoms with Gasteiger partial charge in [-0.05, 0) is 17.7 Å². The van der Waals surface area contributed by atoms with Gasteiger partial charge in [0.25, 0.3) is 0 Å². The predicted octanol–water partition coefficient (Wildman–Crippen LogP) is 1.85. The van der Waals surface area contributed by atoms with Gasteiger partial charge >= 0.3 is 12.5 Å². The van der Waals surface area contributed by atoms with Gasteiger partial charge in [-0.15, -0.1) is 13.2 Å². The smallest absolute Gasteiger partial charge is 0.465 e. The van der Waals surface area contributed by atoms with Crippen LogP contribution in [0.25, 0.3) is 0 Å². The Hall–Kier alpha value is -1.96. The molecule has 1 unspecified atom stereocenters. The lowest BCUT2D eigenvalue weighted by atomic mass is 10.1. The maximum atomic E-state index is 12.0. The summed E-state index contributed by atoms with van der Waals surface area (Å²) in [5, 5.41) is 10.4. The molecular weight excluding hydrogens is 253 g/mol. The SMILES string of the molecule is NC(CNC(=O)O)c1cccc(OC(F)(F)F)c1. The number of benzene rings is 1. The second-order valence-corrected chi connectivity index (χ2v) is 3.41. The van der Waals surface area contributed by atoms with E-state index in [-0.39, 0.29) is 6.54 Å². The number of amides is 1. The van der Waals surface area contributed by atoms with Crippen molar-refractivity contribution >= 4 is 6.09 Å². The Morgan fingerprint density at radius 1 is 1.50 bits per heavy atom. The van der Waals surface area contributed by atoms with E-state index in [4.69, 9.17) is 10.8 Å². The first-order chi connectivity index (χ1) is 8.28. The summed E-state index contributed by atoms with van der Waals surface area (Å²) < 4.78 is 39.7. The molecule has 1 aromatic carbocycles. The molecule has 0 aromatic heterocycles. The molecule has 8 heteroatoms. The van der Waals surface area contributed by atoms with Crippen molar-refractivity contribution in [2.75, 3.05) is 6.54 Å². The summed E-state index contributed by atoms with van der Waals surface area (Å²) in [4.78, 5) is 10.2. The van der Waals surface area contributed by atoms with Crippen LogP contribution in [0.4, 0.5) is 18.0 Å². The monoisotopic (exact) mass is 264 g/mol. The van der Waals surface area contributed by atoms with Gasteiger partial charge in [0.05, 0.1) is 0 Å². The van der Waals surface area contributed by atoms with E-state index in [0.29, 0.717) is 5.56 Å². The van der Waals surface area contributed by atoms with Crippen LogP contribution in [0.3, 0.4) is 0 Å². The fourth-order valence-corrected chi connectivity index (χ4v) is 1.26. The van der Waals surface area contributed by atoms with Crippen LogP contribution in [0.2, 0.25) is 0 Å². The largest absolute Gasteiger partial charge is 0.573 e. The number of nitrogens with one attached hydrogen (secondary N) is 1. The van der Waals surface area contributed by atoms with E-state index in [1.165, 1.54) is 12.1 Å². The molecule has 0 aliphatic carbocycles. The van der Waals surface area contributed by atoms with E-state index < -0.39 is 24.2 Å². The third kappa shape index (κ3) is 4.91. The molecule has 100 valence electrons. The van der Waals surface area contributed by atoms with Gasteiger partial charge in [-0.2, -0.15) is 0 Å². The van der Waals surface area contributed by atoms with Gasteiger partial charge in [0.2, 0.25) is 0 Å². The highest BCUT2D eigenvalue weighted by molar-refractivity contribution is 5.64. The maximum absolute atomic E-state index is 12.0. The predicted molar refractivity (Wildman–Crippen MR) is 56.1 cm³/mol. The van der Waals surface area contributed by atoms with Crippen LogP contribution < -0.4 is 15.8 Å². The summed E-state index contributed by atoms with van der Waals surface area (Å²) in [7, 11) is 0. The molecule has 0 bridgehead atoms. The van der Waals surface area contributed by atoms with Gasteiger partial charge in [-0.25, -0.2) is 4.79 Å². The highest BCUT2D eigenvalue weighted by atomic mass is 19.4. The minimum Gasteiger partial charge on any atom is -0.465 e. The minimum absolute atomic E-state index is 0.106. The topological polar surface area (TPSA) is 84.6 Å². The van der Waals surface area contributed by atoms with Crippen LogP contribution in [-0.2, 0) is 0 Å². The number of alkyl halides is 3. The Balaban J connectivity index is 2.72. The van der Waals surface area contributed by atoms with Crippen molar-refractivity contribution in [3.8, 4) is 5.75 Å². The summed E-state index contributed by atoms with van der Waals surface area (Å²) >= 11 is 0. The maximum Gasteiger partial charge on any atom is 0.573 e. The van der Waals surface area contributed by atoms with Crippen molar-refractivity contribution in [3.05, 3.63) is 29.8 Å². The lowest BCUT2D eigenvalue weighted by Gasteiger charge is -2.14. The standard InChI is InChI=1S/C10H11F3N2O3/c11-10(12,13)18-7-3-1-2-6(4-7)8(14)5-15-9(16)17/h1-4,8,15H,5,14H2,(H,16,17). The van der Waals surface area contributed by atoms with Gasteiger partial charge in [0.15, 0.2) is 0 Å². The third-order valence-electron chi connectivity index (χ3n) is 1.99. The van der Waals surface area contributed by atoms with Gasteiger partial charge in [-0.1, -0.05) is 12.1 Å². The second kappa shape index (κ2) is 5.58. The van der Waals surface area contributed by atoms with Crippen LogP contribution in [0.15, 0.2) is 24.3 Å². The highest BCUT2D eigenvalue weighted by Gasteiger charge is 2.31. The van der Waals surface area contributed by atoms with E-state index in [2.05, 4.69) is 4.74 Å². The van der Waals surface area contributed by atoms with E-state index in [1.54, 1.807) is 0 Å². The Kier molecular flexibility index (Phi) is 4.38. The number of nitrogens with two attached hydrogens (primary N) is 1. The molecule has 1 rings (SSSR count). The third-order valence-corrected chi connectivity index (χ3v) is 1.99. The molecule has 0 aliphatic rings. The first kappa shape index (κ1) is 14.1. The molecule has 5 nitrogen and oxygen atoms in total. The summed E-state index contributed by atoms with van der Waals surface area (Å²) in [6.45, 7) is -0.106. The Labute approximate surface area is 100 Å². The molecule has 0 saturated heterocycles. The number of hydrogen-bond donors (Lipinski definition) is 3. The molecule has 0 spiro atoms. The number of carbonyl (C=O) groups is 1. The average Bonchev–Trinajstić information content (AvgIpc) is 2.23. The molecule has 0 radical (unpaired) electrons. The fraction of sp³-hybridized carbons (Fsp3) is 0.300. The molecule has 1 aromatic rings. The Morgan fingerprint density at radius 3 is 2.72 bits per heavy atom. The molecular formula is C10H11F3N2O3. The lowest BCUT2D eigenvalue weighted by molar-refractivity contribution is -0.274. The molecule has 1 atom stereocenters. The van der Waals surface area contributed by atoms with Crippen LogP contribution in [0.5, 0.6) is 5.75 Å². The minimum atomic E-state index is -4.78. The lowest BCUT2D eigenvalue weighted by Crippen LogP contribution is -2.30. The van der Waals surface area contributed by atoms with Crippen LogP contribution in [0.1, 0.15) is 11.6 Å². The van der Waals surface area contributed by atoms with Crippen LogP contribution >= 0.6 is 0 Å². The number of halogens is 3. The van der Waals surface area contributed by atoms with E-state index >= 15 is 0 Å². The van der Waals surface area contributed by atoms with Crippen molar-refractivity contribution in [2.24, 2.45) is 5.73 Å². The highest BCUT2D eigenvalue weighted by Crippen LogP contribution is 2.24. The van der Waals surface area contributed by atoms with E-state index in [9.17, 15) is 18.0 Å². The van der Waals surface area contributed by atoms with Crippen molar-refractivity contribution in [1.29, 1.82) is 0 Å². The molecule has 18 heavy (non-hydrogen) atoms. The quantitative estimate of drug-likeness (QED) is 0.774. The molecule has 1 amide bonds. The summed E-state index contributed by atoms with van der Waals surface area (Å²) in [6, 6.07) is 4.32. The Morgan fingerprint density at radius 2 is 2.17 bits per heavy atom. The summed E-state index contributed by atoms with van der Waals surface area (Å²) in [5.41, 5.74) is 5.95. The van der Waals surface area contributed by atoms with Gasteiger partial charge in [0, 0.05) is 12.6 Å². The second-order valence-electron chi connectivity index (χ2n) is 3.41. The molecule has 0 heterocycles. The van der Waals surface area contributed by atoms with E-state index in [0.717, 1.165) is 12.1 Å². The first-order valence-corrected chi connectivity index (χ1v) is 4.86. The molecule has 0 fully saturated rings. The van der Waals surface area contributed by atoms with E-state index in [1.807, 2.05) is 5.32 Å². The number of ether oxygens (including phenoxy) is 1. The van der Waals surface area contributed by atoms with Gasteiger partial charge in [-0.3, -0.25) is 0 Å². The zero-order valence-corrected chi connectivity index (χ0v) is 9.07. The average molecular weight is 264 g/mol. The van der Waals surface area contributed by atoms with Crippen LogP contribution in [0, 0.1) is 0 Å². The van der Waals surface area contributed by atoms with Gasteiger partial charge < -0.3 is 20.9 Å². The molecule has 4 N–H and O–H groups in total. The van der Waals surface area contributed by atoms with Gasteiger partial charge in [0.1, 0.15) is 5.75 Å².